The number of ether oxygens (including phenoxy) is 1. The molecular weight excluding hydrogens is 507 g/mol. The largest absolute Gasteiger partial charge is 0.385 e. The van der Waals surface area contributed by atoms with E-state index in [1.54, 1.807) is 31.2 Å². The van der Waals surface area contributed by atoms with Crippen LogP contribution in [-0.4, -0.2) is 74.8 Å². The summed E-state index contributed by atoms with van der Waals surface area (Å²) >= 11 is 6.06. The zero-order valence-corrected chi connectivity index (χ0v) is 22.6. The number of nitrogens with one attached hydrogen (secondary N) is 2. The molecule has 210 valence electrons. The van der Waals surface area contributed by atoms with E-state index in [1.165, 1.54) is 6.07 Å². The molecule has 1 aromatic rings. The first-order valence-electron chi connectivity index (χ1n) is 13.3. The van der Waals surface area contributed by atoms with Crippen molar-refractivity contribution in [2.24, 2.45) is 11.8 Å². The lowest BCUT2D eigenvalue weighted by atomic mass is 9.74. The number of benzene rings is 1. The number of amides is 2. The maximum Gasteiger partial charge on any atom is 0.317 e. The van der Waals surface area contributed by atoms with Crippen LogP contribution in [0.5, 0.6) is 0 Å². The Kier molecular flexibility index (Phi) is 11.4. The summed E-state index contributed by atoms with van der Waals surface area (Å²) in [5.41, 5.74) is -1.34. The van der Waals surface area contributed by atoms with E-state index in [4.69, 9.17) is 16.3 Å². The van der Waals surface area contributed by atoms with Gasteiger partial charge in [0.15, 0.2) is 0 Å². The average molecular weight is 548 g/mol. The van der Waals surface area contributed by atoms with Crippen molar-refractivity contribution in [2.75, 3.05) is 40.4 Å². The lowest BCUT2D eigenvalue weighted by molar-refractivity contribution is -0.0587. The highest BCUT2D eigenvalue weighted by Crippen LogP contribution is 2.42. The van der Waals surface area contributed by atoms with Crippen LogP contribution in [0.2, 0.25) is 5.02 Å². The normalized spacial score (nSPS) is 26.6. The number of unbranched alkanes of at least 4 members (excludes halogenated alkanes) is 1. The topological polar surface area (TPSA) is 73.8 Å². The maximum atomic E-state index is 15.1. The molecule has 0 radical (unpaired) electrons. The Morgan fingerprint density at radius 2 is 2.03 bits per heavy atom. The van der Waals surface area contributed by atoms with E-state index in [0.29, 0.717) is 58.2 Å². The molecule has 10 heteroatoms. The number of alkyl halides is 2. The number of likely N-dealkylation sites (tertiary alicyclic amines) is 1. The summed E-state index contributed by atoms with van der Waals surface area (Å²) in [6.07, 6.45) is 0.893. The molecule has 3 N–H and O–H groups in total. The Morgan fingerprint density at radius 1 is 1.30 bits per heavy atom. The van der Waals surface area contributed by atoms with Crippen molar-refractivity contribution in [1.82, 2.24) is 15.5 Å². The van der Waals surface area contributed by atoms with Gasteiger partial charge in [0, 0.05) is 50.9 Å². The summed E-state index contributed by atoms with van der Waals surface area (Å²) in [6.45, 7) is 1.78. The van der Waals surface area contributed by atoms with Gasteiger partial charge in [-0.2, -0.15) is 0 Å². The summed E-state index contributed by atoms with van der Waals surface area (Å²) in [5.74, 6) is -1.15. The second-order valence-corrected chi connectivity index (χ2v) is 11.0. The molecule has 1 saturated carbocycles. The van der Waals surface area contributed by atoms with Crippen LogP contribution in [0, 0.1) is 17.7 Å². The number of halogens is 4. The first-order valence-corrected chi connectivity index (χ1v) is 13.7. The smallest absolute Gasteiger partial charge is 0.317 e. The van der Waals surface area contributed by atoms with Crippen LogP contribution in [0.4, 0.5) is 18.0 Å². The molecule has 1 aliphatic carbocycles. The van der Waals surface area contributed by atoms with E-state index in [1.807, 2.05) is 0 Å². The van der Waals surface area contributed by atoms with Gasteiger partial charge in [0.05, 0.1) is 10.6 Å². The predicted octanol–water partition coefficient (Wildman–Crippen LogP) is 4.97. The van der Waals surface area contributed by atoms with Crippen molar-refractivity contribution < 1.29 is 27.8 Å². The van der Waals surface area contributed by atoms with Gasteiger partial charge in [-0.15, -0.1) is 0 Å². The SMILES string of the molecule is CNC[C@H](CC1C[C@@H](F)[C@@H](F)C1)NC(=O)N1CCC[C@@H]([C@@](O)(CCCCOC)c2cccc(Cl)c2F)C1. The molecule has 0 aromatic heterocycles. The Bertz CT molecular complexity index is 873. The molecule has 1 saturated heterocycles. The zero-order valence-electron chi connectivity index (χ0n) is 21.8. The third-order valence-corrected chi connectivity index (χ3v) is 8.16. The third-order valence-electron chi connectivity index (χ3n) is 7.86. The molecule has 1 aliphatic heterocycles. The van der Waals surface area contributed by atoms with E-state index in [2.05, 4.69) is 10.6 Å². The number of rotatable bonds is 12. The Morgan fingerprint density at radius 3 is 2.70 bits per heavy atom. The van der Waals surface area contributed by atoms with E-state index in [0.717, 1.165) is 0 Å². The fourth-order valence-corrected chi connectivity index (χ4v) is 6.09. The number of hydrogen-bond acceptors (Lipinski definition) is 4. The molecule has 2 aliphatic rings. The maximum absolute atomic E-state index is 15.1. The van der Waals surface area contributed by atoms with Gasteiger partial charge < -0.3 is 25.4 Å². The monoisotopic (exact) mass is 547 g/mol. The number of aliphatic hydroxyl groups is 1. The number of nitrogens with zero attached hydrogens (tertiary/aromatic N) is 1. The summed E-state index contributed by atoms with van der Waals surface area (Å²) in [4.78, 5) is 14.9. The van der Waals surface area contributed by atoms with Crippen LogP contribution in [-0.2, 0) is 10.3 Å². The molecule has 3 rings (SSSR count). The quantitative estimate of drug-likeness (QED) is 0.323. The summed E-state index contributed by atoms with van der Waals surface area (Å²) in [7, 11) is 3.38. The fourth-order valence-electron chi connectivity index (χ4n) is 5.92. The molecule has 1 unspecified atom stereocenters. The van der Waals surface area contributed by atoms with Crippen LogP contribution >= 0.6 is 11.6 Å². The van der Waals surface area contributed by atoms with Crippen molar-refractivity contribution in [3.63, 3.8) is 0 Å². The van der Waals surface area contributed by atoms with Gasteiger partial charge in [0.2, 0.25) is 0 Å². The van der Waals surface area contributed by atoms with Crippen molar-refractivity contribution in [3.8, 4) is 0 Å². The fraction of sp³-hybridized carbons (Fsp3) is 0.741. The van der Waals surface area contributed by atoms with Crippen LogP contribution in [0.25, 0.3) is 0 Å². The van der Waals surface area contributed by atoms with Crippen LogP contribution in [0.3, 0.4) is 0 Å². The number of methoxy groups -OCH3 is 1. The van der Waals surface area contributed by atoms with Crippen LogP contribution in [0.15, 0.2) is 18.2 Å². The highest BCUT2D eigenvalue weighted by atomic mass is 35.5. The van der Waals surface area contributed by atoms with Gasteiger partial charge >= 0.3 is 6.03 Å². The molecule has 2 amide bonds. The zero-order chi connectivity index (χ0) is 27.0. The summed E-state index contributed by atoms with van der Waals surface area (Å²) in [6, 6.07) is 4.08. The molecule has 1 aromatic carbocycles. The minimum Gasteiger partial charge on any atom is -0.385 e. The van der Waals surface area contributed by atoms with Gasteiger partial charge in [0.25, 0.3) is 0 Å². The minimum atomic E-state index is -1.50. The highest BCUT2D eigenvalue weighted by Gasteiger charge is 2.43. The second kappa shape index (κ2) is 14.0. The summed E-state index contributed by atoms with van der Waals surface area (Å²) < 4.78 is 47.6. The molecule has 0 spiro atoms. The highest BCUT2D eigenvalue weighted by molar-refractivity contribution is 6.30. The third kappa shape index (κ3) is 7.74. The number of carbonyl (C=O) groups is 1. The molecule has 6 nitrogen and oxygen atoms in total. The molecule has 37 heavy (non-hydrogen) atoms. The van der Waals surface area contributed by atoms with Gasteiger partial charge in [-0.05, 0) is 70.4 Å². The van der Waals surface area contributed by atoms with E-state index < -0.39 is 23.8 Å². The van der Waals surface area contributed by atoms with Gasteiger partial charge in [0.1, 0.15) is 18.2 Å². The number of likely N-dealkylation sites (N-methyl/N-ethyl adjacent to an activating group) is 1. The Balaban J connectivity index is 1.72. The van der Waals surface area contributed by atoms with Gasteiger partial charge in [-0.1, -0.05) is 23.7 Å². The molecule has 2 fully saturated rings. The number of urea groups is 1. The van der Waals surface area contributed by atoms with Crippen molar-refractivity contribution in [2.45, 2.75) is 75.4 Å². The number of carbonyl (C=O) groups excluding carboxylic acids is 1. The lowest BCUT2D eigenvalue weighted by Gasteiger charge is -2.43. The number of hydrogen-bond donors (Lipinski definition) is 3. The minimum absolute atomic E-state index is 0.0499. The lowest BCUT2D eigenvalue weighted by Crippen LogP contribution is -2.54. The van der Waals surface area contributed by atoms with E-state index >= 15 is 4.39 Å². The molecule has 0 bridgehead atoms. The van der Waals surface area contributed by atoms with Crippen molar-refractivity contribution in [3.05, 3.63) is 34.6 Å². The van der Waals surface area contributed by atoms with Crippen molar-refractivity contribution >= 4 is 17.6 Å². The molecular formula is C27H41ClF3N3O3. The number of piperidine rings is 1. The van der Waals surface area contributed by atoms with E-state index in [9.17, 15) is 18.7 Å². The van der Waals surface area contributed by atoms with Crippen molar-refractivity contribution in [1.29, 1.82) is 0 Å². The van der Waals surface area contributed by atoms with Crippen LogP contribution in [0.1, 0.15) is 56.9 Å². The first-order chi connectivity index (χ1) is 17.7. The van der Waals surface area contributed by atoms with Gasteiger partial charge in [-0.25, -0.2) is 18.0 Å². The Hall–Kier alpha value is -1.55. The standard InChI is InChI=1S/C27H41ClF3N3O3/c1-32-16-20(13-18-14-23(29)24(30)15-18)33-26(35)34-11-6-7-19(17-34)27(36,10-3-4-12-37-2)21-8-5-9-22(28)25(21)31/h5,8-9,18-20,23-24,32,36H,3-4,6-7,10-17H2,1-2H3,(H,33,35)/t18?,19-,20+,23-,24+,27+/m1/s1. The predicted molar refractivity (Wildman–Crippen MR) is 139 cm³/mol. The Labute approximate surface area is 223 Å². The summed E-state index contributed by atoms with van der Waals surface area (Å²) in [5, 5.41) is 18.0. The molecule has 1 heterocycles. The first kappa shape index (κ1) is 30.0. The second-order valence-electron chi connectivity index (χ2n) is 10.6. The average Bonchev–Trinajstić information content (AvgIpc) is 3.19. The van der Waals surface area contributed by atoms with E-state index in [-0.39, 0.29) is 53.9 Å². The molecule has 6 atom stereocenters. The van der Waals surface area contributed by atoms with Crippen LogP contribution < -0.4 is 10.6 Å². The van der Waals surface area contributed by atoms with Gasteiger partial charge in [-0.3, -0.25) is 0 Å².